The molecule has 1 fully saturated rings. The van der Waals surface area contributed by atoms with Gasteiger partial charge in [-0.25, -0.2) is 4.99 Å². The molecule has 0 bridgehead atoms. The van der Waals surface area contributed by atoms with E-state index in [2.05, 4.69) is 51.9 Å². The van der Waals surface area contributed by atoms with E-state index in [0.29, 0.717) is 0 Å². The van der Waals surface area contributed by atoms with Crippen LogP contribution in [-0.4, -0.2) is 43.1 Å². The number of hydrogen-bond acceptors (Lipinski definition) is 3. The molecule has 0 saturated heterocycles. The van der Waals surface area contributed by atoms with Crippen molar-refractivity contribution in [3.05, 3.63) is 22.4 Å². The van der Waals surface area contributed by atoms with Crippen LogP contribution in [0.3, 0.4) is 0 Å². The highest BCUT2D eigenvalue weighted by Crippen LogP contribution is 2.25. The highest BCUT2D eigenvalue weighted by atomic mass is 127. The van der Waals surface area contributed by atoms with Crippen molar-refractivity contribution in [2.24, 2.45) is 4.99 Å². The second-order valence-corrected chi connectivity index (χ2v) is 6.09. The summed E-state index contributed by atoms with van der Waals surface area (Å²) < 4.78 is 0. The summed E-state index contributed by atoms with van der Waals surface area (Å²) in [4.78, 5) is 8.48. The first-order chi connectivity index (χ1) is 9.83. The number of likely N-dealkylation sites (N-methyl/N-ethyl adjacent to an activating group) is 1. The highest BCUT2D eigenvalue weighted by molar-refractivity contribution is 14.0. The van der Waals surface area contributed by atoms with Crippen molar-refractivity contribution in [2.75, 3.05) is 26.2 Å². The number of aliphatic imine (C=N–C) groups is 1. The van der Waals surface area contributed by atoms with Gasteiger partial charge in [0.05, 0.1) is 6.54 Å². The van der Waals surface area contributed by atoms with Crippen LogP contribution in [-0.2, 0) is 6.54 Å². The Kier molecular flexibility index (Phi) is 9.26. The van der Waals surface area contributed by atoms with Gasteiger partial charge in [-0.15, -0.1) is 35.3 Å². The van der Waals surface area contributed by atoms with Crippen LogP contribution in [0.2, 0.25) is 0 Å². The van der Waals surface area contributed by atoms with Gasteiger partial charge in [0.1, 0.15) is 0 Å². The standard InChI is InChI=1S/C15H26N4S.HI/c1-3-16-15(18-12-14-6-5-11-20-14)17-9-10-19(4-2)13-7-8-13;/h5-6,11,13H,3-4,7-10,12H2,1-2H3,(H2,16,17,18);1H. The average molecular weight is 422 g/mol. The van der Waals surface area contributed by atoms with Gasteiger partial charge in [0.15, 0.2) is 5.96 Å². The summed E-state index contributed by atoms with van der Waals surface area (Å²) in [5.41, 5.74) is 0. The summed E-state index contributed by atoms with van der Waals surface area (Å²) in [5.74, 6) is 0.924. The first-order valence-corrected chi connectivity index (χ1v) is 8.50. The van der Waals surface area contributed by atoms with E-state index < -0.39 is 0 Å². The average Bonchev–Trinajstić information content (AvgIpc) is 3.16. The van der Waals surface area contributed by atoms with Gasteiger partial charge in [-0.2, -0.15) is 0 Å². The number of nitrogens with one attached hydrogen (secondary N) is 2. The topological polar surface area (TPSA) is 39.7 Å². The van der Waals surface area contributed by atoms with Gasteiger partial charge in [-0.05, 0) is 37.8 Å². The molecule has 0 aromatic carbocycles. The second-order valence-electron chi connectivity index (χ2n) is 5.06. The van der Waals surface area contributed by atoms with Crippen LogP contribution in [0.25, 0.3) is 0 Å². The summed E-state index contributed by atoms with van der Waals surface area (Å²) in [6.07, 6.45) is 2.75. The molecule has 0 aliphatic heterocycles. The monoisotopic (exact) mass is 422 g/mol. The van der Waals surface area contributed by atoms with Crippen LogP contribution in [0.4, 0.5) is 0 Å². The number of thiophene rings is 1. The summed E-state index contributed by atoms with van der Waals surface area (Å²) >= 11 is 1.76. The summed E-state index contributed by atoms with van der Waals surface area (Å²) in [6, 6.07) is 5.04. The SMILES string of the molecule is CCNC(=NCc1cccs1)NCCN(CC)C1CC1.I. The zero-order chi connectivity index (χ0) is 14.2. The van der Waals surface area contributed by atoms with Gasteiger partial charge in [0.2, 0.25) is 0 Å². The van der Waals surface area contributed by atoms with Crippen molar-refractivity contribution in [2.45, 2.75) is 39.3 Å². The molecule has 1 saturated carbocycles. The Morgan fingerprint density at radius 3 is 2.76 bits per heavy atom. The number of hydrogen-bond donors (Lipinski definition) is 2. The van der Waals surface area contributed by atoms with Gasteiger partial charge in [-0.3, -0.25) is 4.90 Å². The fourth-order valence-electron chi connectivity index (χ4n) is 2.26. The summed E-state index contributed by atoms with van der Waals surface area (Å²) in [6.45, 7) is 9.21. The van der Waals surface area contributed by atoms with Crippen LogP contribution >= 0.6 is 35.3 Å². The maximum absolute atomic E-state index is 4.63. The molecule has 0 unspecified atom stereocenters. The fourth-order valence-corrected chi connectivity index (χ4v) is 2.89. The molecule has 0 amide bonds. The maximum atomic E-state index is 4.63. The zero-order valence-corrected chi connectivity index (χ0v) is 16.1. The lowest BCUT2D eigenvalue weighted by molar-refractivity contribution is 0.282. The van der Waals surface area contributed by atoms with Crippen LogP contribution in [0.1, 0.15) is 31.6 Å². The van der Waals surface area contributed by atoms with Crippen molar-refractivity contribution in [3.63, 3.8) is 0 Å². The third-order valence-electron chi connectivity index (χ3n) is 3.48. The van der Waals surface area contributed by atoms with Gasteiger partial charge in [0.25, 0.3) is 0 Å². The largest absolute Gasteiger partial charge is 0.357 e. The quantitative estimate of drug-likeness (QED) is 0.385. The molecule has 6 heteroatoms. The molecule has 0 atom stereocenters. The molecule has 1 aromatic rings. The third kappa shape index (κ3) is 6.97. The molecule has 0 spiro atoms. The number of halogens is 1. The Labute approximate surface area is 149 Å². The number of nitrogens with zero attached hydrogens (tertiary/aromatic N) is 2. The summed E-state index contributed by atoms with van der Waals surface area (Å²) in [5, 5.41) is 8.84. The Morgan fingerprint density at radius 1 is 1.38 bits per heavy atom. The molecule has 4 nitrogen and oxygen atoms in total. The maximum Gasteiger partial charge on any atom is 0.191 e. The van der Waals surface area contributed by atoms with Crippen molar-refractivity contribution in [1.82, 2.24) is 15.5 Å². The van der Waals surface area contributed by atoms with E-state index >= 15 is 0 Å². The van der Waals surface area contributed by atoms with Crippen LogP contribution in [0.5, 0.6) is 0 Å². The fraction of sp³-hybridized carbons (Fsp3) is 0.667. The molecule has 1 aromatic heterocycles. The molecule has 1 heterocycles. The highest BCUT2D eigenvalue weighted by Gasteiger charge is 2.27. The molecule has 21 heavy (non-hydrogen) atoms. The molecule has 2 N–H and O–H groups in total. The van der Waals surface area contributed by atoms with E-state index in [1.54, 1.807) is 11.3 Å². The minimum absolute atomic E-state index is 0. The van der Waals surface area contributed by atoms with Gasteiger partial charge < -0.3 is 10.6 Å². The van der Waals surface area contributed by atoms with E-state index in [9.17, 15) is 0 Å². The van der Waals surface area contributed by atoms with Crippen LogP contribution in [0.15, 0.2) is 22.5 Å². The molecule has 2 rings (SSSR count). The zero-order valence-electron chi connectivity index (χ0n) is 13.0. The Hall–Kier alpha value is -0.340. The van der Waals surface area contributed by atoms with Crippen molar-refractivity contribution >= 4 is 41.3 Å². The normalized spacial score (nSPS) is 14.9. The van der Waals surface area contributed by atoms with E-state index in [0.717, 1.165) is 44.7 Å². The predicted octanol–water partition coefficient (Wildman–Crippen LogP) is 2.91. The molecular formula is C15H27IN4S. The number of rotatable bonds is 8. The summed E-state index contributed by atoms with van der Waals surface area (Å²) in [7, 11) is 0. The minimum atomic E-state index is 0. The first-order valence-electron chi connectivity index (χ1n) is 7.62. The van der Waals surface area contributed by atoms with E-state index in [4.69, 9.17) is 0 Å². The molecule has 1 aliphatic carbocycles. The van der Waals surface area contributed by atoms with E-state index in [1.165, 1.54) is 17.7 Å². The van der Waals surface area contributed by atoms with Crippen LogP contribution in [0, 0.1) is 0 Å². The molecule has 1 aliphatic rings. The lowest BCUT2D eigenvalue weighted by Crippen LogP contribution is -2.42. The predicted molar refractivity (Wildman–Crippen MR) is 103 cm³/mol. The lowest BCUT2D eigenvalue weighted by atomic mass is 10.4. The number of guanidine groups is 1. The second kappa shape index (κ2) is 10.4. The Bertz CT molecular complexity index is 404. The Morgan fingerprint density at radius 2 is 2.19 bits per heavy atom. The smallest absolute Gasteiger partial charge is 0.191 e. The van der Waals surface area contributed by atoms with Gasteiger partial charge in [0, 0.05) is 30.6 Å². The molecular weight excluding hydrogens is 395 g/mol. The van der Waals surface area contributed by atoms with Gasteiger partial charge >= 0.3 is 0 Å². The van der Waals surface area contributed by atoms with Crippen molar-refractivity contribution in [1.29, 1.82) is 0 Å². The van der Waals surface area contributed by atoms with Gasteiger partial charge in [-0.1, -0.05) is 13.0 Å². The molecule has 0 radical (unpaired) electrons. The minimum Gasteiger partial charge on any atom is -0.357 e. The van der Waals surface area contributed by atoms with E-state index in [-0.39, 0.29) is 24.0 Å². The van der Waals surface area contributed by atoms with Crippen molar-refractivity contribution in [3.8, 4) is 0 Å². The van der Waals surface area contributed by atoms with Crippen molar-refractivity contribution < 1.29 is 0 Å². The third-order valence-corrected chi connectivity index (χ3v) is 4.34. The first kappa shape index (κ1) is 18.7. The Balaban J connectivity index is 0.00000220. The van der Waals surface area contributed by atoms with E-state index in [1.807, 2.05) is 0 Å². The molecule has 120 valence electrons. The lowest BCUT2D eigenvalue weighted by Gasteiger charge is -2.20. The van der Waals surface area contributed by atoms with Crippen LogP contribution < -0.4 is 10.6 Å².